The molecule has 0 atom stereocenters. The van der Waals surface area contributed by atoms with Gasteiger partial charge in [0.1, 0.15) is 0 Å². The number of carboxylic acid groups (broad SMARTS) is 1. The third-order valence-corrected chi connectivity index (χ3v) is 4.11. The highest BCUT2D eigenvalue weighted by atomic mass is 79.9. The maximum atomic E-state index is 11.0. The molecule has 0 saturated heterocycles. The Bertz CT molecular complexity index is 542. The normalized spacial score (nSPS) is 10.2. The maximum Gasteiger partial charge on any atom is 0.337 e. The number of pyridine rings is 1. The molecule has 0 aliphatic rings. The van der Waals surface area contributed by atoms with Gasteiger partial charge in [-0.15, -0.1) is 11.3 Å². The number of nitrogens with one attached hydrogen (secondary N) is 1. The number of carbonyl (C=O) groups is 1. The van der Waals surface area contributed by atoms with E-state index in [9.17, 15) is 4.79 Å². The lowest BCUT2D eigenvalue weighted by Gasteiger charge is -2.07. The number of thiophene rings is 1. The molecule has 0 aromatic carbocycles. The van der Waals surface area contributed by atoms with Gasteiger partial charge in [0.2, 0.25) is 0 Å². The molecule has 88 valence electrons. The molecule has 2 aromatic rings. The number of nitrogens with zero attached hydrogens (tertiary/aromatic N) is 1. The van der Waals surface area contributed by atoms with Gasteiger partial charge in [0.25, 0.3) is 0 Å². The summed E-state index contributed by atoms with van der Waals surface area (Å²) in [5.74, 6) is -0.958. The van der Waals surface area contributed by atoms with E-state index in [1.54, 1.807) is 11.3 Å². The van der Waals surface area contributed by atoms with E-state index in [0.717, 1.165) is 9.35 Å². The first-order valence-electron chi connectivity index (χ1n) is 4.81. The second-order valence-electron chi connectivity index (χ2n) is 3.27. The molecule has 0 radical (unpaired) electrons. The number of aromatic carboxylic acids is 1. The summed E-state index contributed by atoms with van der Waals surface area (Å²) >= 11 is 5.03. The molecule has 0 bridgehead atoms. The van der Waals surface area contributed by atoms with Gasteiger partial charge in [-0.25, -0.2) is 4.79 Å². The minimum atomic E-state index is -0.958. The van der Waals surface area contributed by atoms with Crippen LogP contribution in [0.3, 0.4) is 0 Å². The van der Waals surface area contributed by atoms with E-state index in [0.29, 0.717) is 12.2 Å². The van der Waals surface area contributed by atoms with Crippen molar-refractivity contribution < 1.29 is 9.90 Å². The Morgan fingerprint density at radius 1 is 1.53 bits per heavy atom. The first-order chi connectivity index (χ1) is 8.18. The Kier molecular flexibility index (Phi) is 3.75. The Morgan fingerprint density at radius 2 is 2.35 bits per heavy atom. The third-order valence-electron chi connectivity index (χ3n) is 2.18. The summed E-state index contributed by atoms with van der Waals surface area (Å²) in [5, 5.41) is 14.1. The summed E-state index contributed by atoms with van der Waals surface area (Å²) in [7, 11) is 0. The van der Waals surface area contributed by atoms with Gasteiger partial charge in [-0.3, -0.25) is 4.98 Å². The van der Waals surface area contributed by atoms with Crippen LogP contribution < -0.4 is 5.32 Å². The van der Waals surface area contributed by atoms with Crippen molar-refractivity contribution in [2.24, 2.45) is 0 Å². The summed E-state index contributed by atoms with van der Waals surface area (Å²) in [5.41, 5.74) is 0.757. The Hall–Kier alpha value is -1.40. The lowest BCUT2D eigenvalue weighted by Crippen LogP contribution is -2.06. The predicted molar refractivity (Wildman–Crippen MR) is 70.5 cm³/mol. The molecular weight excluding hydrogens is 304 g/mol. The van der Waals surface area contributed by atoms with Gasteiger partial charge in [-0.2, -0.15) is 0 Å². The fraction of sp³-hybridized carbons (Fsp3) is 0.0909. The van der Waals surface area contributed by atoms with Crippen molar-refractivity contribution in [1.82, 2.24) is 4.98 Å². The van der Waals surface area contributed by atoms with Gasteiger partial charge in [0.05, 0.1) is 24.0 Å². The molecule has 0 aliphatic heterocycles. The number of aromatic nitrogens is 1. The standard InChI is InChI=1S/C11H9BrN2O2S/c12-8-2-4-17-10(8)6-14-9-5-13-3-1-7(9)11(15)16/h1-5,14H,6H2,(H,15,16). The maximum absolute atomic E-state index is 11.0. The van der Waals surface area contributed by atoms with Gasteiger partial charge in [0, 0.05) is 15.5 Å². The SMILES string of the molecule is O=C(O)c1ccncc1NCc1sccc1Br. The summed E-state index contributed by atoms with van der Waals surface area (Å²) in [4.78, 5) is 16.0. The second-order valence-corrected chi connectivity index (χ2v) is 5.13. The molecule has 2 N–H and O–H groups in total. The van der Waals surface area contributed by atoms with E-state index in [2.05, 4.69) is 26.2 Å². The molecule has 0 aliphatic carbocycles. The molecule has 2 aromatic heterocycles. The van der Waals surface area contributed by atoms with Crippen LogP contribution in [0, 0.1) is 0 Å². The summed E-state index contributed by atoms with van der Waals surface area (Å²) < 4.78 is 1.02. The van der Waals surface area contributed by atoms with Crippen LogP contribution >= 0.6 is 27.3 Å². The highest BCUT2D eigenvalue weighted by Gasteiger charge is 2.09. The molecular formula is C11H9BrN2O2S. The Morgan fingerprint density at radius 3 is 3.00 bits per heavy atom. The van der Waals surface area contributed by atoms with Gasteiger partial charge < -0.3 is 10.4 Å². The number of carboxylic acids is 1. The van der Waals surface area contributed by atoms with Crippen molar-refractivity contribution >= 4 is 38.9 Å². The van der Waals surface area contributed by atoms with Gasteiger partial charge >= 0.3 is 5.97 Å². The quantitative estimate of drug-likeness (QED) is 0.910. The van der Waals surface area contributed by atoms with E-state index in [1.165, 1.54) is 18.5 Å². The summed E-state index contributed by atoms with van der Waals surface area (Å²) in [6, 6.07) is 3.44. The van der Waals surface area contributed by atoms with Gasteiger partial charge in [-0.1, -0.05) is 0 Å². The number of hydrogen-bond acceptors (Lipinski definition) is 4. The molecule has 2 rings (SSSR count). The number of rotatable bonds is 4. The number of anilines is 1. The fourth-order valence-corrected chi connectivity index (χ4v) is 2.78. The van der Waals surface area contributed by atoms with Crippen LogP contribution in [0.25, 0.3) is 0 Å². The first-order valence-corrected chi connectivity index (χ1v) is 6.49. The van der Waals surface area contributed by atoms with Crippen molar-refractivity contribution in [2.45, 2.75) is 6.54 Å². The average molecular weight is 313 g/mol. The Balaban J connectivity index is 2.14. The zero-order valence-corrected chi connectivity index (χ0v) is 11.1. The number of halogens is 1. The second kappa shape index (κ2) is 5.29. The molecule has 0 fully saturated rings. The minimum absolute atomic E-state index is 0.229. The van der Waals surface area contributed by atoms with Crippen LogP contribution in [-0.2, 0) is 6.54 Å². The van der Waals surface area contributed by atoms with E-state index in [4.69, 9.17) is 5.11 Å². The van der Waals surface area contributed by atoms with E-state index in [-0.39, 0.29) is 5.56 Å². The molecule has 6 heteroatoms. The molecule has 0 spiro atoms. The van der Waals surface area contributed by atoms with Crippen LogP contribution in [0.1, 0.15) is 15.2 Å². The van der Waals surface area contributed by atoms with Crippen LogP contribution in [0.5, 0.6) is 0 Å². The lowest BCUT2D eigenvalue weighted by atomic mass is 10.2. The van der Waals surface area contributed by atoms with E-state index < -0.39 is 5.97 Å². The van der Waals surface area contributed by atoms with Crippen molar-refractivity contribution in [1.29, 1.82) is 0 Å². The van der Waals surface area contributed by atoms with Crippen LogP contribution in [-0.4, -0.2) is 16.1 Å². The largest absolute Gasteiger partial charge is 0.478 e. The van der Waals surface area contributed by atoms with Crippen LogP contribution in [0.4, 0.5) is 5.69 Å². The molecule has 0 amide bonds. The zero-order valence-electron chi connectivity index (χ0n) is 8.68. The molecule has 2 heterocycles. The average Bonchev–Trinajstić information content (AvgIpc) is 2.72. The summed E-state index contributed by atoms with van der Waals surface area (Å²) in [6.45, 7) is 0.574. The zero-order chi connectivity index (χ0) is 12.3. The smallest absolute Gasteiger partial charge is 0.337 e. The molecule has 0 saturated carbocycles. The van der Waals surface area contributed by atoms with Gasteiger partial charge in [0.15, 0.2) is 0 Å². The molecule has 0 unspecified atom stereocenters. The first kappa shape index (κ1) is 12.1. The molecule has 4 nitrogen and oxygen atoms in total. The topological polar surface area (TPSA) is 62.2 Å². The Labute approximate surface area is 110 Å². The van der Waals surface area contributed by atoms with Crippen molar-refractivity contribution in [2.75, 3.05) is 5.32 Å². The highest BCUT2D eigenvalue weighted by molar-refractivity contribution is 9.10. The van der Waals surface area contributed by atoms with Crippen molar-refractivity contribution in [3.8, 4) is 0 Å². The molecule has 17 heavy (non-hydrogen) atoms. The van der Waals surface area contributed by atoms with E-state index in [1.807, 2.05) is 11.4 Å². The predicted octanol–water partition coefficient (Wildman–Crippen LogP) is 3.22. The van der Waals surface area contributed by atoms with Crippen molar-refractivity contribution in [3.05, 3.63) is 44.8 Å². The van der Waals surface area contributed by atoms with Crippen molar-refractivity contribution in [3.63, 3.8) is 0 Å². The monoisotopic (exact) mass is 312 g/mol. The fourth-order valence-electron chi connectivity index (χ4n) is 1.35. The summed E-state index contributed by atoms with van der Waals surface area (Å²) in [6.07, 6.45) is 2.99. The van der Waals surface area contributed by atoms with E-state index >= 15 is 0 Å². The van der Waals surface area contributed by atoms with Crippen LogP contribution in [0.2, 0.25) is 0 Å². The number of hydrogen-bond donors (Lipinski definition) is 2. The minimum Gasteiger partial charge on any atom is -0.478 e. The van der Waals surface area contributed by atoms with Crippen LogP contribution in [0.15, 0.2) is 34.4 Å². The highest BCUT2D eigenvalue weighted by Crippen LogP contribution is 2.24. The van der Waals surface area contributed by atoms with Gasteiger partial charge in [-0.05, 0) is 33.4 Å². The third kappa shape index (κ3) is 2.83. The lowest BCUT2D eigenvalue weighted by molar-refractivity contribution is 0.0698.